The summed E-state index contributed by atoms with van der Waals surface area (Å²) in [6, 6.07) is 6.16. The molecule has 0 aliphatic heterocycles. The maximum absolute atomic E-state index is 13.0. The van der Waals surface area contributed by atoms with E-state index >= 15 is 0 Å². The summed E-state index contributed by atoms with van der Waals surface area (Å²) in [5.74, 6) is 1.05. The van der Waals surface area contributed by atoms with Crippen LogP contribution in [-0.4, -0.2) is 22.8 Å². The van der Waals surface area contributed by atoms with Crippen LogP contribution in [0.2, 0.25) is 5.15 Å². The van der Waals surface area contributed by atoms with Crippen LogP contribution in [0.4, 0.5) is 0 Å². The highest BCUT2D eigenvalue weighted by Gasteiger charge is 2.64. The quantitative estimate of drug-likeness (QED) is 0.910. The maximum atomic E-state index is 13.0. The van der Waals surface area contributed by atoms with Crippen LogP contribution in [0, 0.1) is 5.41 Å². The van der Waals surface area contributed by atoms with Gasteiger partial charge in [0, 0.05) is 12.6 Å². The number of nitrogens with zero attached hydrogens (tertiary/aromatic N) is 2. The third kappa shape index (κ3) is 1.96. The molecule has 1 saturated carbocycles. The molecule has 1 N–H and O–H groups in total. The van der Waals surface area contributed by atoms with E-state index in [0.29, 0.717) is 16.6 Å². The van der Waals surface area contributed by atoms with E-state index in [2.05, 4.69) is 30.3 Å². The third-order valence-corrected chi connectivity index (χ3v) is 6.75. The molecule has 0 saturated heterocycles. The maximum Gasteiger partial charge on any atom is 0.256 e. The Bertz CT molecular complexity index is 874. The Balaban J connectivity index is 1.83. The lowest BCUT2D eigenvalue weighted by molar-refractivity contribution is 0.0805. The van der Waals surface area contributed by atoms with Gasteiger partial charge in [-0.2, -0.15) is 5.10 Å². The van der Waals surface area contributed by atoms with Crippen LogP contribution < -0.4 is 10.1 Å². The van der Waals surface area contributed by atoms with Crippen LogP contribution in [0.25, 0.3) is 0 Å². The Hall–Kier alpha value is -2.01. The standard InChI is InChI=1S/C19H22ClN3O2/c1-18(2)13-8-9-19(18,15-11(13)6-5-7-14(15)25-4)22-17(24)12-10-21-23(3)16(12)20/h5-7,10,13H,8-9H2,1-4H3,(H,22,24). The average molecular weight is 360 g/mol. The molecule has 1 aromatic carbocycles. The SMILES string of the molecule is COc1cccc2c1C1(NC(=O)c3cnn(C)c3Cl)CCC2C1(C)C. The van der Waals surface area contributed by atoms with Crippen LogP contribution in [0.1, 0.15) is 54.1 Å². The number of fused-ring (bicyclic) bond motifs is 5. The van der Waals surface area contributed by atoms with Crippen molar-refractivity contribution in [2.75, 3.05) is 7.11 Å². The zero-order valence-corrected chi connectivity index (χ0v) is 15.6. The third-order valence-electron chi connectivity index (χ3n) is 6.30. The summed E-state index contributed by atoms with van der Waals surface area (Å²) >= 11 is 6.23. The number of carbonyl (C=O) groups excluding carboxylic acids is 1. The normalized spacial score (nSPS) is 25.7. The van der Waals surface area contributed by atoms with Gasteiger partial charge >= 0.3 is 0 Å². The minimum atomic E-state index is -0.462. The molecule has 2 bridgehead atoms. The zero-order valence-electron chi connectivity index (χ0n) is 14.9. The molecule has 0 radical (unpaired) electrons. The number of hydrogen-bond acceptors (Lipinski definition) is 3. The molecule has 132 valence electrons. The van der Waals surface area contributed by atoms with E-state index in [-0.39, 0.29) is 11.3 Å². The number of aryl methyl sites for hydroxylation is 1. The predicted molar refractivity (Wildman–Crippen MR) is 96.1 cm³/mol. The number of nitrogens with one attached hydrogen (secondary N) is 1. The molecule has 5 nitrogen and oxygen atoms in total. The first-order chi connectivity index (χ1) is 11.8. The minimum absolute atomic E-state index is 0.103. The number of halogens is 1. The van der Waals surface area contributed by atoms with Crippen LogP contribution in [0.3, 0.4) is 0 Å². The van der Waals surface area contributed by atoms with E-state index in [1.165, 1.54) is 16.4 Å². The summed E-state index contributed by atoms with van der Waals surface area (Å²) < 4.78 is 7.15. The highest BCUT2D eigenvalue weighted by Crippen LogP contribution is 2.68. The Labute approximate surface area is 152 Å². The van der Waals surface area contributed by atoms with Gasteiger partial charge in [-0.25, -0.2) is 0 Å². The van der Waals surface area contributed by atoms with E-state index in [4.69, 9.17) is 16.3 Å². The number of amides is 1. The molecule has 25 heavy (non-hydrogen) atoms. The molecule has 2 aromatic rings. The molecular weight excluding hydrogens is 338 g/mol. The first-order valence-electron chi connectivity index (χ1n) is 8.51. The lowest BCUT2D eigenvalue weighted by atomic mass is 9.73. The molecular formula is C19H22ClN3O2. The highest BCUT2D eigenvalue weighted by atomic mass is 35.5. The van der Waals surface area contributed by atoms with Gasteiger partial charge in [0.1, 0.15) is 10.9 Å². The van der Waals surface area contributed by atoms with Gasteiger partial charge in [-0.15, -0.1) is 0 Å². The lowest BCUT2D eigenvalue weighted by Crippen LogP contribution is -2.51. The van der Waals surface area contributed by atoms with Crippen LogP contribution in [0.5, 0.6) is 5.75 Å². The number of hydrogen-bond donors (Lipinski definition) is 1. The summed E-state index contributed by atoms with van der Waals surface area (Å²) in [6.45, 7) is 4.46. The Morgan fingerprint density at radius 2 is 2.20 bits per heavy atom. The smallest absolute Gasteiger partial charge is 0.256 e. The van der Waals surface area contributed by atoms with E-state index < -0.39 is 5.54 Å². The molecule has 4 rings (SSSR count). The lowest BCUT2D eigenvalue weighted by Gasteiger charge is -2.40. The van der Waals surface area contributed by atoms with Crippen molar-refractivity contribution >= 4 is 17.5 Å². The van der Waals surface area contributed by atoms with Crippen LogP contribution in [0.15, 0.2) is 24.4 Å². The molecule has 1 aromatic heterocycles. The van der Waals surface area contributed by atoms with E-state index in [0.717, 1.165) is 24.2 Å². The Kier molecular flexibility index (Phi) is 3.45. The first-order valence-corrected chi connectivity index (χ1v) is 8.88. The average Bonchev–Trinajstić information content (AvgIpc) is 3.11. The van der Waals surface area contributed by atoms with Crippen LogP contribution >= 0.6 is 11.6 Å². The van der Waals surface area contributed by atoms with Crippen molar-refractivity contribution in [2.45, 2.75) is 38.1 Å². The molecule has 2 atom stereocenters. The minimum Gasteiger partial charge on any atom is -0.496 e. The van der Waals surface area contributed by atoms with Gasteiger partial charge in [0.25, 0.3) is 5.91 Å². The second-order valence-electron chi connectivity index (χ2n) is 7.57. The van der Waals surface area contributed by atoms with E-state index in [1.807, 2.05) is 12.1 Å². The monoisotopic (exact) mass is 359 g/mol. The van der Waals surface area contributed by atoms with Crippen molar-refractivity contribution < 1.29 is 9.53 Å². The van der Waals surface area contributed by atoms with Crippen LogP contribution in [-0.2, 0) is 12.6 Å². The van der Waals surface area contributed by atoms with Crippen molar-refractivity contribution in [3.63, 3.8) is 0 Å². The molecule has 1 heterocycles. The fraction of sp³-hybridized carbons (Fsp3) is 0.474. The van der Waals surface area contributed by atoms with Gasteiger partial charge in [-0.3, -0.25) is 9.48 Å². The molecule has 1 amide bonds. The molecule has 1 fully saturated rings. The molecule has 2 aliphatic rings. The number of methoxy groups -OCH3 is 1. The molecule has 0 spiro atoms. The van der Waals surface area contributed by atoms with Crippen molar-refractivity contribution in [1.29, 1.82) is 0 Å². The molecule has 2 aliphatic carbocycles. The second kappa shape index (κ2) is 5.24. The van der Waals surface area contributed by atoms with Crippen molar-refractivity contribution in [2.24, 2.45) is 12.5 Å². The molecule has 2 unspecified atom stereocenters. The second-order valence-corrected chi connectivity index (χ2v) is 7.93. The fourth-order valence-electron chi connectivity index (χ4n) is 4.92. The summed E-state index contributed by atoms with van der Waals surface area (Å²) in [6.07, 6.45) is 3.46. The predicted octanol–water partition coefficient (Wildman–Crippen LogP) is 3.62. The van der Waals surface area contributed by atoms with Crippen molar-refractivity contribution in [3.05, 3.63) is 46.2 Å². The number of ether oxygens (including phenoxy) is 1. The highest BCUT2D eigenvalue weighted by molar-refractivity contribution is 6.32. The number of rotatable bonds is 3. The van der Waals surface area contributed by atoms with E-state index in [1.54, 1.807) is 14.2 Å². The topological polar surface area (TPSA) is 56.1 Å². The van der Waals surface area contributed by atoms with Gasteiger partial charge < -0.3 is 10.1 Å². The van der Waals surface area contributed by atoms with Gasteiger partial charge in [0.15, 0.2) is 0 Å². The summed E-state index contributed by atoms with van der Waals surface area (Å²) in [5, 5.41) is 7.75. The van der Waals surface area contributed by atoms with Crippen molar-refractivity contribution in [3.8, 4) is 5.75 Å². The van der Waals surface area contributed by atoms with E-state index in [9.17, 15) is 4.79 Å². The fourth-order valence-corrected chi connectivity index (χ4v) is 5.10. The zero-order chi connectivity index (χ0) is 18.0. The molecule has 6 heteroatoms. The van der Waals surface area contributed by atoms with Gasteiger partial charge in [-0.05, 0) is 35.8 Å². The largest absolute Gasteiger partial charge is 0.496 e. The number of aromatic nitrogens is 2. The summed E-state index contributed by atoms with van der Waals surface area (Å²) in [5.41, 5.74) is 2.24. The number of benzene rings is 1. The number of carbonyl (C=O) groups is 1. The van der Waals surface area contributed by atoms with Gasteiger partial charge in [-0.1, -0.05) is 37.6 Å². The van der Waals surface area contributed by atoms with Crippen molar-refractivity contribution in [1.82, 2.24) is 15.1 Å². The first kappa shape index (κ1) is 16.5. The van der Waals surface area contributed by atoms with Gasteiger partial charge in [0.05, 0.1) is 24.4 Å². The summed E-state index contributed by atoms with van der Waals surface area (Å²) in [7, 11) is 3.41. The Morgan fingerprint density at radius 3 is 2.84 bits per heavy atom. The van der Waals surface area contributed by atoms with Gasteiger partial charge in [0.2, 0.25) is 0 Å². The Morgan fingerprint density at radius 1 is 1.44 bits per heavy atom. The summed E-state index contributed by atoms with van der Waals surface area (Å²) in [4.78, 5) is 13.0.